The number of carbonyl (C=O) groups excluding carboxylic acids is 1. The second-order valence-corrected chi connectivity index (χ2v) is 4.41. The van der Waals surface area contributed by atoms with Gasteiger partial charge in [-0.15, -0.1) is 0 Å². The van der Waals surface area contributed by atoms with Gasteiger partial charge in [0.2, 0.25) is 0 Å². The van der Waals surface area contributed by atoms with Crippen LogP contribution in [-0.2, 0) is 0 Å². The average molecular weight is 178 g/mol. The maximum absolute atomic E-state index is 11.7. The highest BCUT2D eigenvalue weighted by Crippen LogP contribution is 2.29. The van der Waals surface area contributed by atoms with Crippen LogP contribution in [0.1, 0.15) is 24.3 Å². The monoisotopic (exact) mass is 178 g/mol. The second-order valence-electron chi connectivity index (χ2n) is 4.41. The molecule has 0 unspecified atom stereocenters. The van der Waals surface area contributed by atoms with Crippen molar-refractivity contribution in [3.8, 4) is 0 Å². The van der Waals surface area contributed by atoms with E-state index >= 15 is 0 Å². The predicted molar refractivity (Wildman–Crippen MR) is 50.5 cm³/mol. The molecule has 1 amide bonds. The van der Waals surface area contributed by atoms with Crippen LogP contribution in [0.25, 0.3) is 0 Å². The third-order valence-corrected chi connectivity index (χ3v) is 2.35. The summed E-state index contributed by atoms with van der Waals surface area (Å²) in [6.07, 6.45) is 1.78. The Morgan fingerprint density at radius 2 is 2.23 bits per heavy atom. The van der Waals surface area contributed by atoms with Crippen LogP contribution in [0.4, 0.5) is 0 Å². The molecule has 0 saturated carbocycles. The molecular weight excluding hydrogens is 164 g/mol. The zero-order valence-electron chi connectivity index (χ0n) is 8.00. The molecule has 1 aromatic heterocycles. The topological polar surface area (TPSA) is 36.1 Å². The zero-order chi connectivity index (χ0) is 9.47. The Bertz CT molecular complexity index is 306. The number of aromatic amines is 1. The summed E-state index contributed by atoms with van der Waals surface area (Å²) in [6, 6.07) is 3.66. The van der Waals surface area contributed by atoms with Crippen LogP contribution < -0.4 is 0 Å². The summed E-state index contributed by atoms with van der Waals surface area (Å²) in [6.45, 7) is 6.08. The normalized spacial score (nSPS) is 19.7. The lowest BCUT2D eigenvalue weighted by atomic mass is 9.84. The van der Waals surface area contributed by atoms with Crippen molar-refractivity contribution in [3.63, 3.8) is 0 Å². The van der Waals surface area contributed by atoms with E-state index in [2.05, 4.69) is 18.8 Å². The SMILES string of the molecule is CC1(C)CN(C(=O)c2ccc[nH]2)C1. The van der Waals surface area contributed by atoms with Crippen molar-refractivity contribution in [2.24, 2.45) is 5.41 Å². The van der Waals surface area contributed by atoms with E-state index in [-0.39, 0.29) is 5.91 Å². The van der Waals surface area contributed by atoms with Gasteiger partial charge in [0.05, 0.1) is 0 Å². The molecule has 1 aliphatic rings. The Kier molecular flexibility index (Phi) is 1.68. The lowest BCUT2D eigenvalue weighted by molar-refractivity contribution is 0.0231. The molecule has 0 bridgehead atoms. The summed E-state index contributed by atoms with van der Waals surface area (Å²) < 4.78 is 0. The lowest BCUT2D eigenvalue weighted by Crippen LogP contribution is -2.55. The Balaban J connectivity index is 2.02. The van der Waals surface area contributed by atoms with E-state index in [9.17, 15) is 4.79 Å². The van der Waals surface area contributed by atoms with Gasteiger partial charge in [-0.25, -0.2) is 0 Å². The van der Waals surface area contributed by atoms with Gasteiger partial charge in [-0.2, -0.15) is 0 Å². The Labute approximate surface area is 77.7 Å². The number of hydrogen-bond donors (Lipinski definition) is 1. The van der Waals surface area contributed by atoms with Gasteiger partial charge < -0.3 is 9.88 Å². The minimum absolute atomic E-state index is 0.115. The summed E-state index contributed by atoms with van der Waals surface area (Å²) in [7, 11) is 0. The maximum atomic E-state index is 11.7. The molecule has 13 heavy (non-hydrogen) atoms. The van der Waals surface area contributed by atoms with Crippen molar-refractivity contribution in [3.05, 3.63) is 24.0 Å². The molecule has 1 N–H and O–H groups in total. The van der Waals surface area contributed by atoms with E-state index in [0.29, 0.717) is 11.1 Å². The highest BCUT2D eigenvalue weighted by Gasteiger charge is 2.37. The molecule has 1 aliphatic heterocycles. The molecule has 0 atom stereocenters. The molecule has 0 spiro atoms. The molecule has 3 heteroatoms. The number of likely N-dealkylation sites (tertiary alicyclic amines) is 1. The van der Waals surface area contributed by atoms with Crippen molar-refractivity contribution in [1.29, 1.82) is 0 Å². The van der Waals surface area contributed by atoms with Gasteiger partial charge in [0.25, 0.3) is 5.91 Å². The first-order valence-electron chi connectivity index (χ1n) is 4.51. The number of amides is 1. The first kappa shape index (κ1) is 8.35. The fourth-order valence-corrected chi connectivity index (χ4v) is 1.76. The van der Waals surface area contributed by atoms with Gasteiger partial charge in [0, 0.05) is 19.3 Å². The number of nitrogens with one attached hydrogen (secondary N) is 1. The molecule has 0 aliphatic carbocycles. The smallest absolute Gasteiger partial charge is 0.270 e. The number of carbonyl (C=O) groups is 1. The predicted octanol–water partition coefficient (Wildman–Crippen LogP) is 1.50. The van der Waals surface area contributed by atoms with E-state index in [4.69, 9.17) is 0 Å². The fourth-order valence-electron chi connectivity index (χ4n) is 1.76. The molecular formula is C10H14N2O. The molecule has 2 rings (SSSR count). The van der Waals surface area contributed by atoms with Crippen LogP contribution in [0.15, 0.2) is 18.3 Å². The first-order chi connectivity index (χ1) is 6.08. The highest BCUT2D eigenvalue weighted by molar-refractivity contribution is 5.93. The van der Waals surface area contributed by atoms with Gasteiger partial charge >= 0.3 is 0 Å². The Morgan fingerprint density at radius 1 is 1.54 bits per heavy atom. The quantitative estimate of drug-likeness (QED) is 0.695. The number of H-pyrrole nitrogens is 1. The van der Waals surface area contributed by atoms with Crippen molar-refractivity contribution in [2.45, 2.75) is 13.8 Å². The Morgan fingerprint density at radius 3 is 2.69 bits per heavy atom. The van der Waals surface area contributed by atoms with Gasteiger partial charge in [-0.1, -0.05) is 13.8 Å². The molecule has 1 saturated heterocycles. The third-order valence-electron chi connectivity index (χ3n) is 2.35. The zero-order valence-corrected chi connectivity index (χ0v) is 8.00. The van der Waals surface area contributed by atoms with E-state index in [1.165, 1.54) is 0 Å². The molecule has 3 nitrogen and oxygen atoms in total. The highest BCUT2D eigenvalue weighted by atomic mass is 16.2. The van der Waals surface area contributed by atoms with E-state index < -0.39 is 0 Å². The maximum Gasteiger partial charge on any atom is 0.270 e. The van der Waals surface area contributed by atoms with Gasteiger partial charge in [-0.3, -0.25) is 4.79 Å². The Hall–Kier alpha value is -1.25. The second kappa shape index (κ2) is 2.62. The number of nitrogens with zero attached hydrogens (tertiary/aromatic N) is 1. The summed E-state index contributed by atoms with van der Waals surface area (Å²) in [5.74, 6) is 0.115. The van der Waals surface area contributed by atoms with Crippen molar-refractivity contribution in [2.75, 3.05) is 13.1 Å². The van der Waals surface area contributed by atoms with Crippen LogP contribution in [0.5, 0.6) is 0 Å². The molecule has 1 aromatic rings. The first-order valence-corrected chi connectivity index (χ1v) is 4.51. The summed E-state index contributed by atoms with van der Waals surface area (Å²) >= 11 is 0. The minimum atomic E-state index is 0.115. The molecule has 70 valence electrons. The van der Waals surface area contributed by atoms with Crippen LogP contribution in [0, 0.1) is 5.41 Å². The van der Waals surface area contributed by atoms with Crippen molar-refractivity contribution < 1.29 is 4.79 Å². The van der Waals surface area contributed by atoms with Crippen molar-refractivity contribution >= 4 is 5.91 Å². The van der Waals surface area contributed by atoms with Crippen molar-refractivity contribution in [1.82, 2.24) is 9.88 Å². The van der Waals surface area contributed by atoms with E-state index in [0.717, 1.165) is 13.1 Å². The number of aromatic nitrogens is 1. The minimum Gasteiger partial charge on any atom is -0.357 e. The van der Waals surface area contributed by atoms with Gasteiger partial charge in [0.15, 0.2) is 0 Å². The van der Waals surface area contributed by atoms with Crippen LogP contribution in [-0.4, -0.2) is 28.9 Å². The molecule has 2 heterocycles. The third kappa shape index (κ3) is 1.46. The number of hydrogen-bond acceptors (Lipinski definition) is 1. The summed E-state index contributed by atoms with van der Waals surface area (Å²) in [5, 5.41) is 0. The van der Waals surface area contributed by atoms with Crippen LogP contribution >= 0.6 is 0 Å². The molecule has 1 fully saturated rings. The molecule has 0 radical (unpaired) electrons. The van der Waals surface area contributed by atoms with Gasteiger partial charge in [-0.05, 0) is 17.5 Å². The standard InChI is InChI=1S/C10H14N2O/c1-10(2)6-12(7-10)9(13)8-4-3-5-11-8/h3-5,11H,6-7H2,1-2H3. The lowest BCUT2D eigenvalue weighted by Gasteiger charge is -2.45. The molecule has 0 aromatic carbocycles. The fraction of sp³-hybridized carbons (Fsp3) is 0.500. The average Bonchev–Trinajstić information content (AvgIpc) is 2.50. The van der Waals surface area contributed by atoms with Crippen LogP contribution in [0.3, 0.4) is 0 Å². The van der Waals surface area contributed by atoms with E-state index in [1.54, 1.807) is 6.20 Å². The largest absolute Gasteiger partial charge is 0.357 e. The van der Waals surface area contributed by atoms with Gasteiger partial charge in [0.1, 0.15) is 5.69 Å². The van der Waals surface area contributed by atoms with E-state index in [1.807, 2.05) is 17.0 Å². The summed E-state index contributed by atoms with van der Waals surface area (Å²) in [4.78, 5) is 16.5. The number of rotatable bonds is 1. The summed E-state index contributed by atoms with van der Waals surface area (Å²) in [5.41, 5.74) is 0.998. The van der Waals surface area contributed by atoms with Crippen LogP contribution in [0.2, 0.25) is 0 Å².